The van der Waals surface area contributed by atoms with Crippen LogP contribution in [0.25, 0.3) is 11.3 Å². The van der Waals surface area contributed by atoms with E-state index in [1.807, 2.05) is 12.3 Å². The van der Waals surface area contributed by atoms with E-state index in [1.54, 1.807) is 6.20 Å². The molecular formula is C26H30N4O3S. The Morgan fingerprint density at radius 3 is 2.41 bits per heavy atom. The Morgan fingerprint density at radius 2 is 1.79 bits per heavy atom. The smallest absolute Gasteiger partial charge is 0.309 e. The van der Waals surface area contributed by atoms with Gasteiger partial charge in [0.25, 0.3) is 0 Å². The third-order valence-electron chi connectivity index (χ3n) is 6.45. The minimum Gasteiger partial charge on any atom is -0.466 e. The van der Waals surface area contributed by atoms with Crippen LogP contribution >= 0.6 is 11.3 Å². The number of thiazole rings is 1. The van der Waals surface area contributed by atoms with Gasteiger partial charge < -0.3 is 9.64 Å². The van der Waals surface area contributed by atoms with Gasteiger partial charge in [-0.3, -0.25) is 9.59 Å². The molecule has 0 aliphatic carbocycles. The van der Waals surface area contributed by atoms with Crippen LogP contribution in [0.2, 0.25) is 0 Å². The quantitative estimate of drug-likeness (QED) is 0.358. The number of carbonyl (C=O) groups is 2. The minimum atomic E-state index is -0.118. The van der Waals surface area contributed by atoms with Crippen LogP contribution in [0.1, 0.15) is 52.0 Å². The van der Waals surface area contributed by atoms with E-state index in [-0.39, 0.29) is 24.1 Å². The lowest BCUT2D eigenvalue weighted by Crippen LogP contribution is -2.37. The molecule has 7 nitrogen and oxygen atoms in total. The summed E-state index contributed by atoms with van der Waals surface area (Å²) in [7, 11) is 0. The number of aromatic nitrogens is 3. The van der Waals surface area contributed by atoms with Gasteiger partial charge in [0.05, 0.1) is 37.0 Å². The van der Waals surface area contributed by atoms with Gasteiger partial charge in [0.2, 0.25) is 0 Å². The van der Waals surface area contributed by atoms with Crippen molar-refractivity contribution in [3.05, 3.63) is 57.3 Å². The molecule has 1 aliphatic heterocycles. The van der Waals surface area contributed by atoms with Gasteiger partial charge in [-0.1, -0.05) is 0 Å². The zero-order chi connectivity index (χ0) is 24.2. The second-order valence-corrected chi connectivity index (χ2v) is 9.68. The number of aryl methyl sites for hydroxylation is 2. The summed E-state index contributed by atoms with van der Waals surface area (Å²) in [6.07, 6.45) is 4.84. The maximum atomic E-state index is 12.8. The van der Waals surface area contributed by atoms with Crippen LogP contribution in [0.4, 0.5) is 5.82 Å². The number of ketones is 1. The zero-order valence-corrected chi connectivity index (χ0v) is 20.9. The normalized spacial score (nSPS) is 14.3. The summed E-state index contributed by atoms with van der Waals surface area (Å²) in [5, 5.41) is 2.77. The summed E-state index contributed by atoms with van der Waals surface area (Å²) < 4.78 is 5.13. The minimum absolute atomic E-state index is 0.0547. The van der Waals surface area contributed by atoms with Gasteiger partial charge >= 0.3 is 5.97 Å². The number of piperidine rings is 1. The molecule has 3 aromatic rings. The molecule has 1 aliphatic rings. The molecule has 0 spiro atoms. The van der Waals surface area contributed by atoms with Gasteiger partial charge in [0.1, 0.15) is 16.5 Å². The first-order chi connectivity index (χ1) is 16.4. The molecule has 0 bridgehead atoms. The maximum absolute atomic E-state index is 12.8. The number of esters is 1. The SMILES string of the molecule is CCOC(=O)C1CCN(c2cnc(C(=O)Cc3nc(-c4cc(C)c(C)c(C)c4)cs3)cn2)CC1. The van der Waals surface area contributed by atoms with Crippen molar-refractivity contribution in [1.29, 1.82) is 0 Å². The van der Waals surface area contributed by atoms with Crippen molar-refractivity contribution < 1.29 is 14.3 Å². The maximum Gasteiger partial charge on any atom is 0.309 e. The molecule has 8 heteroatoms. The van der Waals surface area contributed by atoms with Crippen LogP contribution < -0.4 is 4.90 Å². The molecule has 2 aromatic heterocycles. The highest BCUT2D eigenvalue weighted by Crippen LogP contribution is 2.27. The molecule has 0 saturated carbocycles. The number of nitrogens with zero attached hydrogens (tertiary/aromatic N) is 4. The number of ether oxygens (including phenoxy) is 1. The second kappa shape index (κ2) is 10.4. The molecule has 178 valence electrons. The first-order valence-corrected chi connectivity index (χ1v) is 12.5. The van der Waals surface area contributed by atoms with Crippen molar-refractivity contribution in [2.24, 2.45) is 5.92 Å². The molecule has 0 radical (unpaired) electrons. The summed E-state index contributed by atoms with van der Waals surface area (Å²) in [6.45, 7) is 9.99. The Labute approximate surface area is 204 Å². The molecule has 4 rings (SSSR count). The molecule has 0 amide bonds. The Hall–Kier alpha value is -3.13. The number of hydrogen-bond donors (Lipinski definition) is 0. The summed E-state index contributed by atoms with van der Waals surface area (Å²) in [5.41, 5.74) is 6.07. The highest BCUT2D eigenvalue weighted by molar-refractivity contribution is 7.10. The highest BCUT2D eigenvalue weighted by Gasteiger charge is 2.26. The topological polar surface area (TPSA) is 85.3 Å². The Morgan fingerprint density at radius 1 is 1.09 bits per heavy atom. The standard InChI is InChI=1S/C26H30N4O3S/c1-5-33-26(32)19-6-8-30(9-7-19)24-14-27-21(13-28-24)23(31)12-25-29-22(15-34-25)20-10-16(2)18(4)17(3)11-20/h10-11,13-15,19H,5-9,12H2,1-4H3. The van der Waals surface area contributed by atoms with Gasteiger partial charge in [-0.15, -0.1) is 11.3 Å². The van der Waals surface area contributed by atoms with E-state index in [4.69, 9.17) is 4.74 Å². The van der Waals surface area contributed by atoms with Crippen LogP contribution in [0.3, 0.4) is 0 Å². The summed E-state index contributed by atoms with van der Waals surface area (Å²) in [4.78, 5) is 40.3. The number of benzene rings is 1. The zero-order valence-electron chi connectivity index (χ0n) is 20.1. The van der Waals surface area contributed by atoms with Crippen LogP contribution in [-0.2, 0) is 16.0 Å². The first-order valence-electron chi connectivity index (χ1n) is 11.6. The molecule has 34 heavy (non-hydrogen) atoms. The summed E-state index contributed by atoms with van der Waals surface area (Å²) in [6, 6.07) is 4.28. The Kier molecular flexibility index (Phi) is 7.36. The van der Waals surface area contributed by atoms with Gasteiger partial charge in [-0.2, -0.15) is 0 Å². The van der Waals surface area contributed by atoms with Gasteiger partial charge in [-0.25, -0.2) is 15.0 Å². The molecule has 1 aromatic carbocycles. The van der Waals surface area contributed by atoms with Crippen LogP contribution in [0.5, 0.6) is 0 Å². The first kappa shape index (κ1) is 24.0. The fourth-order valence-corrected chi connectivity index (χ4v) is 4.97. The summed E-state index contributed by atoms with van der Waals surface area (Å²) >= 11 is 1.49. The lowest BCUT2D eigenvalue weighted by Gasteiger charge is -2.31. The average molecular weight is 479 g/mol. The monoisotopic (exact) mass is 478 g/mol. The molecule has 0 unspecified atom stereocenters. The molecule has 0 N–H and O–H groups in total. The van der Waals surface area contributed by atoms with E-state index in [1.165, 1.54) is 34.2 Å². The van der Waals surface area contributed by atoms with Gasteiger partial charge in [0.15, 0.2) is 5.78 Å². The molecular weight excluding hydrogens is 448 g/mol. The third-order valence-corrected chi connectivity index (χ3v) is 7.30. The number of anilines is 1. The number of carbonyl (C=O) groups excluding carboxylic acids is 2. The van der Waals surface area contributed by atoms with E-state index in [0.717, 1.165) is 34.9 Å². The third kappa shape index (κ3) is 5.33. The number of hydrogen-bond acceptors (Lipinski definition) is 8. The number of rotatable bonds is 7. The van der Waals surface area contributed by atoms with E-state index in [0.29, 0.717) is 25.4 Å². The molecule has 3 heterocycles. The van der Waals surface area contributed by atoms with Crippen molar-refractivity contribution >= 4 is 28.9 Å². The summed E-state index contributed by atoms with van der Waals surface area (Å²) in [5.74, 6) is 0.450. The van der Waals surface area contributed by atoms with Crippen molar-refractivity contribution in [1.82, 2.24) is 15.0 Å². The predicted octanol–water partition coefficient (Wildman–Crippen LogP) is 4.73. The fourth-order valence-electron chi connectivity index (χ4n) is 4.17. The Bertz CT molecular complexity index is 1160. The van der Waals surface area contributed by atoms with E-state index >= 15 is 0 Å². The predicted molar refractivity (Wildman–Crippen MR) is 133 cm³/mol. The molecule has 1 fully saturated rings. The van der Waals surface area contributed by atoms with Crippen molar-refractivity contribution in [3.8, 4) is 11.3 Å². The fraction of sp³-hybridized carbons (Fsp3) is 0.423. The van der Waals surface area contributed by atoms with Crippen LogP contribution in [0.15, 0.2) is 29.9 Å². The lowest BCUT2D eigenvalue weighted by molar-refractivity contribution is -0.148. The van der Waals surface area contributed by atoms with E-state index in [2.05, 4.69) is 52.8 Å². The van der Waals surface area contributed by atoms with Gasteiger partial charge in [-0.05, 0) is 69.4 Å². The highest BCUT2D eigenvalue weighted by atomic mass is 32.1. The van der Waals surface area contributed by atoms with Crippen molar-refractivity contribution in [2.45, 2.75) is 47.0 Å². The Balaban J connectivity index is 1.36. The van der Waals surface area contributed by atoms with Crippen LogP contribution in [-0.4, -0.2) is 46.4 Å². The second-order valence-electron chi connectivity index (χ2n) is 8.73. The average Bonchev–Trinajstić information content (AvgIpc) is 3.31. The van der Waals surface area contributed by atoms with Crippen molar-refractivity contribution in [2.75, 3.05) is 24.6 Å². The molecule has 1 saturated heterocycles. The van der Waals surface area contributed by atoms with E-state index < -0.39 is 0 Å². The number of Topliss-reactive ketones (excluding diaryl/α,β-unsaturated/α-hetero) is 1. The van der Waals surface area contributed by atoms with E-state index in [9.17, 15) is 9.59 Å². The molecule has 0 atom stereocenters. The lowest BCUT2D eigenvalue weighted by atomic mass is 9.97. The van der Waals surface area contributed by atoms with Crippen LogP contribution in [0, 0.1) is 26.7 Å². The largest absolute Gasteiger partial charge is 0.466 e. The van der Waals surface area contributed by atoms with Gasteiger partial charge in [0, 0.05) is 24.0 Å². The van der Waals surface area contributed by atoms with Crippen molar-refractivity contribution in [3.63, 3.8) is 0 Å².